The second kappa shape index (κ2) is 8.87. The molecule has 0 saturated heterocycles. The van der Waals surface area contributed by atoms with Crippen LogP contribution in [0.25, 0.3) is 0 Å². The molecule has 1 amide bonds. The Labute approximate surface area is 188 Å². The number of amides is 1. The molecule has 0 bridgehead atoms. The Kier molecular flexibility index (Phi) is 6.64. The summed E-state index contributed by atoms with van der Waals surface area (Å²) >= 11 is 6.95. The summed E-state index contributed by atoms with van der Waals surface area (Å²) in [5.41, 5.74) is 3.80. The second-order valence-electron chi connectivity index (χ2n) is 9.31. The number of carbonyl (C=O) groups is 1. The van der Waals surface area contributed by atoms with Crippen LogP contribution in [0.4, 0.5) is 5.00 Å². The molecule has 1 aromatic carbocycles. The number of hydrogen-bond donors (Lipinski definition) is 2. The predicted molar refractivity (Wildman–Crippen MR) is 128 cm³/mol. The van der Waals surface area contributed by atoms with Crippen LogP contribution in [-0.4, -0.2) is 11.0 Å². The molecule has 6 heteroatoms. The van der Waals surface area contributed by atoms with E-state index in [9.17, 15) is 10.1 Å². The van der Waals surface area contributed by atoms with Crippen LogP contribution in [0.2, 0.25) is 0 Å². The van der Waals surface area contributed by atoms with Crippen LogP contribution < -0.4 is 10.6 Å². The number of fused-ring (bicyclic) bond motifs is 1. The Morgan fingerprint density at radius 2 is 1.93 bits per heavy atom. The summed E-state index contributed by atoms with van der Waals surface area (Å²) in [5, 5.41) is 16.5. The highest BCUT2D eigenvalue weighted by Gasteiger charge is 2.32. The van der Waals surface area contributed by atoms with Crippen LogP contribution in [0.3, 0.4) is 0 Å². The summed E-state index contributed by atoms with van der Waals surface area (Å²) in [4.78, 5) is 13.8. The van der Waals surface area contributed by atoms with E-state index in [1.807, 2.05) is 24.3 Å². The summed E-state index contributed by atoms with van der Waals surface area (Å²) in [6.07, 6.45) is 3.00. The van der Waals surface area contributed by atoms with Crippen molar-refractivity contribution in [2.45, 2.75) is 59.8 Å². The minimum Gasteiger partial charge on any atom is -0.323 e. The summed E-state index contributed by atoms with van der Waals surface area (Å²) in [5.74, 6) is 0.760. The van der Waals surface area contributed by atoms with Gasteiger partial charge in [0.15, 0.2) is 5.11 Å². The smallest absolute Gasteiger partial charge is 0.257 e. The van der Waals surface area contributed by atoms with E-state index in [1.165, 1.54) is 10.4 Å². The van der Waals surface area contributed by atoms with Gasteiger partial charge >= 0.3 is 0 Å². The molecule has 158 valence electrons. The average Bonchev–Trinajstić information content (AvgIpc) is 3.03. The van der Waals surface area contributed by atoms with E-state index in [-0.39, 0.29) is 16.4 Å². The molecule has 3 rings (SSSR count). The number of anilines is 1. The van der Waals surface area contributed by atoms with Crippen LogP contribution in [0.1, 0.15) is 78.9 Å². The quantitative estimate of drug-likeness (QED) is 0.574. The summed E-state index contributed by atoms with van der Waals surface area (Å²) in [7, 11) is 0. The van der Waals surface area contributed by atoms with Gasteiger partial charge in [0.05, 0.1) is 5.56 Å². The van der Waals surface area contributed by atoms with Gasteiger partial charge in [0, 0.05) is 10.4 Å². The second-order valence-corrected chi connectivity index (χ2v) is 10.8. The van der Waals surface area contributed by atoms with E-state index >= 15 is 0 Å². The van der Waals surface area contributed by atoms with Gasteiger partial charge in [-0.3, -0.25) is 10.1 Å². The third-order valence-corrected chi connectivity index (χ3v) is 7.27. The molecular weight excluding hydrogens is 410 g/mol. The zero-order valence-corrected chi connectivity index (χ0v) is 19.9. The van der Waals surface area contributed by atoms with Crippen LogP contribution in [0, 0.1) is 22.7 Å². The van der Waals surface area contributed by atoms with Crippen molar-refractivity contribution in [2.24, 2.45) is 11.3 Å². The number of carbonyl (C=O) groups excluding carboxylic acids is 1. The molecule has 2 N–H and O–H groups in total. The Morgan fingerprint density at radius 3 is 2.50 bits per heavy atom. The molecule has 0 fully saturated rings. The molecule has 1 aliphatic rings. The number of nitriles is 1. The lowest BCUT2D eigenvalue weighted by Gasteiger charge is -2.33. The lowest BCUT2D eigenvalue weighted by atomic mass is 9.72. The minimum absolute atomic E-state index is 0.218. The first-order valence-electron chi connectivity index (χ1n) is 10.4. The summed E-state index contributed by atoms with van der Waals surface area (Å²) < 4.78 is 0. The van der Waals surface area contributed by atoms with E-state index in [4.69, 9.17) is 12.2 Å². The molecule has 4 nitrogen and oxygen atoms in total. The number of nitrogens with one attached hydrogen (secondary N) is 2. The Hall–Kier alpha value is -2.23. The van der Waals surface area contributed by atoms with E-state index in [0.717, 1.165) is 29.8 Å². The normalized spacial score (nSPS) is 16.0. The van der Waals surface area contributed by atoms with Crippen molar-refractivity contribution in [1.29, 1.82) is 5.26 Å². The molecule has 0 unspecified atom stereocenters. The number of nitrogens with zero attached hydrogens (tertiary/aromatic N) is 1. The number of rotatable bonds is 3. The molecule has 1 aliphatic carbocycles. The molecule has 1 atom stereocenters. The van der Waals surface area contributed by atoms with Crippen molar-refractivity contribution in [2.75, 3.05) is 5.32 Å². The predicted octanol–water partition coefficient (Wildman–Crippen LogP) is 6.02. The number of hydrogen-bond acceptors (Lipinski definition) is 4. The van der Waals surface area contributed by atoms with Crippen LogP contribution in [-0.2, 0) is 12.8 Å². The van der Waals surface area contributed by atoms with Gasteiger partial charge in [0.25, 0.3) is 5.91 Å². The Balaban J connectivity index is 1.70. The zero-order valence-electron chi connectivity index (χ0n) is 18.3. The lowest BCUT2D eigenvalue weighted by Crippen LogP contribution is -2.34. The molecule has 0 saturated carbocycles. The van der Waals surface area contributed by atoms with Crippen molar-refractivity contribution in [1.82, 2.24) is 5.32 Å². The highest BCUT2D eigenvalue weighted by atomic mass is 32.1. The molecule has 0 aliphatic heterocycles. The van der Waals surface area contributed by atoms with Gasteiger partial charge in [0.1, 0.15) is 11.1 Å². The monoisotopic (exact) mass is 439 g/mol. The SMILES string of the molecule is CC(C)c1ccc(C(=O)NC(=S)Nc2sc3c(c2C#N)CC[C@@H](C(C)(C)C)C3)cc1. The van der Waals surface area contributed by atoms with E-state index in [1.54, 1.807) is 11.3 Å². The fourth-order valence-electron chi connectivity index (χ4n) is 3.86. The third-order valence-electron chi connectivity index (χ3n) is 5.90. The van der Waals surface area contributed by atoms with Gasteiger partial charge in [0.2, 0.25) is 0 Å². The standard InChI is InChI=1S/C24H29N3OS2/c1-14(2)15-6-8-16(9-7-15)21(28)26-23(29)27-22-19(13-25)18-11-10-17(24(3,4)5)12-20(18)30-22/h6-9,14,17H,10-12H2,1-5H3,(H2,26,27,28,29)/t17-/m1/s1. The van der Waals surface area contributed by atoms with E-state index in [0.29, 0.717) is 23.0 Å². The minimum atomic E-state index is -0.254. The topological polar surface area (TPSA) is 64.9 Å². The molecule has 0 radical (unpaired) electrons. The average molecular weight is 440 g/mol. The largest absolute Gasteiger partial charge is 0.323 e. The maximum atomic E-state index is 12.5. The molecule has 1 heterocycles. The van der Waals surface area contributed by atoms with Crippen molar-refractivity contribution >= 4 is 39.6 Å². The van der Waals surface area contributed by atoms with Gasteiger partial charge in [-0.2, -0.15) is 5.26 Å². The maximum Gasteiger partial charge on any atom is 0.257 e. The summed E-state index contributed by atoms with van der Waals surface area (Å²) in [6, 6.07) is 9.88. The fourth-order valence-corrected chi connectivity index (χ4v) is 5.40. The van der Waals surface area contributed by atoms with Gasteiger partial charge in [-0.25, -0.2) is 0 Å². The van der Waals surface area contributed by atoms with E-state index in [2.05, 4.69) is 51.3 Å². The van der Waals surface area contributed by atoms with Crippen molar-refractivity contribution in [3.05, 3.63) is 51.4 Å². The highest BCUT2D eigenvalue weighted by molar-refractivity contribution is 7.80. The van der Waals surface area contributed by atoms with Gasteiger partial charge in [-0.05, 0) is 72.0 Å². The van der Waals surface area contributed by atoms with Gasteiger partial charge < -0.3 is 5.32 Å². The van der Waals surface area contributed by atoms with E-state index < -0.39 is 0 Å². The first kappa shape index (κ1) is 22.5. The molecule has 30 heavy (non-hydrogen) atoms. The first-order chi connectivity index (χ1) is 14.1. The van der Waals surface area contributed by atoms with Crippen molar-refractivity contribution < 1.29 is 4.79 Å². The third kappa shape index (κ3) is 4.91. The highest BCUT2D eigenvalue weighted by Crippen LogP contribution is 2.43. The number of thiocarbonyl (C=S) groups is 1. The maximum absolute atomic E-state index is 12.5. The zero-order chi connectivity index (χ0) is 22.1. The van der Waals surface area contributed by atoms with Gasteiger partial charge in [-0.15, -0.1) is 11.3 Å². The number of benzene rings is 1. The Bertz CT molecular complexity index is 991. The molecule has 2 aromatic rings. The molecule has 1 aromatic heterocycles. The van der Waals surface area contributed by atoms with Crippen molar-refractivity contribution in [3.8, 4) is 6.07 Å². The molecular formula is C24H29N3OS2. The van der Waals surface area contributed by atoms with Crippen LogP contribution in [0.15, 0.2) is 24.3 Å². The first-order valence-corrected chi connectivity index (χ1v) is 11.6. The lowest BCUT2D eigenvalue weighted by molar-refractivity contribution is 0.0977. The number of thiophene rings is 1. The van der Waals surface area contributed by atoms with Gasteiger partial charge in [-0.1, -0.05) is 46.8 Å². The van der Waals surface area contributed by atoms with Crippen LogP contribution in [0.5, 0.6) is 0 Å². The fraction of sp³-hybridized carbons (Fsp3) is 0.458. The van der Waals surface area contributed by atoms with Crippen molar-refractivity contribution in [3.63, 3.8) is 0 Å². The summed E-state index contributed by atoms with van der Waals surface area (Å²) in [6.45, 7) is 11.1. The Morgan fingerprint density at radius 1 is 1.27 bits per heavy atom. The van der Waals surface area contributed by atoms with Crippen LogP contribution >= 0.6 is 23.6 Å². The molecule has 0 spiro atoms.